The topological polar surface area (TPSA) is 168 Å². The molecule has 0 aliphatic rings. The molecule has 0 saturated heterocycles. The van der Waals surface area contributed by atoms with E-state index in [4.69, 9.17) is 9.47 Å². The van der Waals surface area contributed by atoms with Gasteiger partial charge in [0, 0.05) is 13.1 Å². The fourth-order valence-corrected chi connectivity index (χ4v) is 7.02. The molecule has 2 aromatic carbocycles. The molecular weight excluding hydrogens is 607 g/mol. The van der Waals surface area contributed by atoms with Gasteiger partial charge in [-0.15, -0.1) is 0 Å². The molecule has 0 saturated carbocycles. The van der Waals surface area contributed by atoms with Crippen LogP contribution in [-0.2, 0) is 34.8 Å². The number of aliphatic carboxylic acids is 1. The number of alkyl carbamates (subject to hydrolysis) is 1. The number of amides is 2. The minimum Gasteiger partial charge on any atom is -0.480 e. The number of thiophene rings is 1. The number of nitrogens with one attached hydrogen (secondary N) is 2. The van der Waals surface area contributed by atoms with Gasteiger partial charge in [0.05, 0.1) is 11.8 Å². The van der Waals surface area contributed by atoms with E-state index in [1.807, 2.05) is 29.0 Å². The molecule has 1 heterocycles. The van der Waals surface area contributed by atoms with E-state index in [-0.39, 0.29) is 12.0 Å². The Morgan fingerprint density at radius 2 is 1.55 bits per heavy atom. The number of hydrogen-bond donors (Lipinski definition) is 4. The smallest absolute Gasteiger partial charge is 0.411 e. The standard InChI is InChI=1S/C31H37N2O9PS/c1-19(2)30(37)41-21(4)42-31(38)33-28(24-8-6-5-7-9-24)43(39,40)17-26(27(34)32-20(3)29(35)36)16-22-10-12-23(13-11-22)25-14-15-44-18-25/h5-15,18-21,26,28H,16-17H2,1-4H3,(H,32,34)(H,33,38)(H,35,36)(H,39,40)/t20-,21?,26+,28+/m0/s1. The van der Waals surface area contributed by atoms with Crippen molar-refractivity contribution in [1.29, 1.82) is 0 Å². The maximum absolute atomic E-state index is 14.0. The molecule has 11 nitrogen and oxygen atoms in total. The van der Waals surface area contributed by atoms with Crippen LogP contribution >= 0.6 is 18.7 Å². The van der Waals surface area contributed by atoms with Crippen molar-refractivity contribution in [2.75, 3.05) is 6.16 Å². The van der Waals surface area contributed by atoms with Crippen molar-refractivity contribution in [2.45, 2.75) is 52.2 Å². The Morgan fingerprint density at radius 1 is 0.886 bits per heavy atom. The highest BCUT2D eigenvalue weighted by atomic mass is 32.1. The zero-order valence-electron chi connectivity index (χ0n) is 24.8. The zero-order valence-corrected chi connectivity index (χ0v) is 26.5. The number of hydrogen-bond acceptors (Lipinski definition) is 8. The number of carboxylic acids is 1. The van der Waals surface area contributed by atoms with Gasteiger partial charge >= 0.3 is 18.0 Å². The van der Waals surface area contributed by atoms with Gasteiger partial charge in [-0.2, -0.15) is 11.3 Å². The third-order valence-corrected chi connectivity index (χ3v) is 9.55. The minimum absolute atomic E-state index is 0.0286. The van der Waals surface area contributed by atoms with Crippen molar-refractivity contribution in [3.63, 3.8) is 0 Å². The lowest BCUT2D eigenvalue weighted by molar-refractivity contribution is -0.168. The molecule has 0 aliphatic carbocycles. The van der Waals surface area contributed by atoms with Gasteiger partial charge in [0.2, 0.25) is 19.6 Å². The van der Waals surface area contributed by atoms with E-state index in [2.05, 4.69) is 10.6 Å². The average molecular weight is 645 g/mol. The highest BCUT2D eigenvalue weighted by Crippen LogP contribution is 2.55. The maximum Gasteiger partial charge on any atom is 0.411 e. The lowest BCUT2D eigenvalue weighted by atomic mass is 9.98. The van der Waals surface area contributed by atoms with Gasteiger partial charge in [-0.25, -0.2) is 4.79 Å². The number of carbonyl (C=O) groups is 4. The Balaban J connectivity index is 1.87. The molecule has 0 fully saturated rings. The van der Waals surface area contributed by atoms with E-state index in [1.54, 1.807) is 67.6 Å². The SMILES string of the molecule is CC(OC(=O)N[C@@H](c1ccccc1)P(=O)(O)C[C@@H](Cc1ccc(-c2ccsc2)cc1)C(=O)N[C@@H](C)C(=O)O)OC(=O)C(C)C. The van der Waals surface area contributed by atoms with Crippen LogP contribution in [0.3, 0.4) is 0 Å². The molecule has 0 aliphatic heterocycles. The van der Waals surface area contributed by atoms with Crippen molar-refractivity contribution in [1.82, 2.24) is 10.6 Å². The predicted molar refractivity (Wildman–Crippen MR) is 166 cm³/mol. The highest BCUT2D eigenvalue weighted by molar-refractivity contribution is 7.58. The first kappa shape index (κ1) is 34.5. The molecule has 5 atom stereocenters. The van der Waals surface area contributed by atoms with Gasteiger partial charge in [-0.1, -0.05) is 68.4 Å². The summed E-state index contributed by atoms with van der Waals surface area (Å²) >= 11 is 1.56. The van der Waals surface area contributed by atoms with Crippen LogP contribution in [0.25, 0.3) is 11.1 Å². The largest absolute Gasteiger partial charge is 0.480 e. The summed E-state index contributed by atoms with van der Waals surface area (Å²) in [5, 5.41) is 18.1. The van der Waals surface area contributed by atoms with Crippen molar-refractivity contribution < 1.29 is 43.2 Å². The predicted octanol–water partition coefficient (Wildman–Crippen LogP) is 5.40. The number of rotatable bonds is 14. The molecule has 236 valence electrons. The van der Waals surface area contributed by atoms with Gasteiger partial charge in [-0.3, -0.25) is 18.9 Å². The Bertz CT molecular complexity index is 1460. The number of esters is 1. The van der Waals surface area contributed by atoms with E-state index in [1.165, 1.54) is 13.8 Å². The fraction of sp³-hybridized carbons (Fsp3) is 0.355. The molecule has 0 spiro atoms. The molecule has 0 bridgehead atoms. The minimum atomic E-state index is -4.45. The summed E-state index contributed by atoms with van der Waals surface area (Å²) in [6.07, 6.45) is -2.94. The van der Waals surface area contributed by atoms with Crippen LogP contribution in [0, 0.1) is 11.8 Å². The Hall–Kier alpha value is -3.99. The van der Waals surface area contributed by atoms with Gasteiger partial charge < -0.3 is 30.1 Å². The number of carbonyl (C=O) groups excluding carboxylic acids is 3. The van der Waals surface area contributed by atoms with Crippen molar-refractivity contribution in [2.24, 2.45) is 11.8 Å². The molecule has 4 N–H and O–H groups in total. The Labute approximate surface area is 260 Å². The summed E-state index contributed by atoms with van der Waals surface area (Å²) in [6.45, 7) is 5.86. The van der Waals surface area contributed by atoms with Crippen LogP contribution < -0.4 is 10.6 Å². The maximum atomic E-state index is 14.0. The first-order chi connectivity index (χ1) is 20.8. The molecular formula is C31H37N2O9PS. The van der Waals surface area contributed by atoms with Crippen molar-refractivity contribution in [3.8, 4) is 11.1 Å². The third-order valence-electron chi connectivity index (χ3n) is 6.67. The average Bonchev–Trinajstić information content (AvgIpc) is 3.51. The molecule has 1 aromatic heterocycles. The van der Waals surface area contributed by atoms with Gasteiger partial charge in [0.25, 0.3) is 0 Å². The second-order valence-electron chi connectivity index (χ2n) is 10.6. The summed E-state index contributed by atoms with van der Waals surface area (Å²) in [5.41, 5.74) is 2.96. The van der Waals surface area contributed by atoms with Gasteiger partial charge in [-0.05, 0) is 52.4 Å². The van der Waals surface area contributed by atoms with Gasteiger partial charge in [0.15, 0.2) is 0 Å². The Morgan fingerprint density at radius 3 is 2.11 bits per heavy atom. The summed E-state index contributed by atoms with van der Waals surface area (Å²) in [5.74, 6) is -5.65. The zero-order chi connectivity index (χ0) is 32.4. The van der Waals surface area contributed by atoms with Crippen LogP contribution in [0.15, 0.2) is 71.4 Å². The van der Waals surface area contributed by atoms with Crippen LogP contribution in [0.5, 0.6) is 0 Å². The molecule has 2 unspecified atom stereocenters. The van der Waals surface area contributed by atoms with E-state index < -0.39 is 67.4 Å². The number of benzene rings is 2. The number of carboxylic acid groups (broad SMARTS) is 1. The van der Waals surface area contributed by atoms with Crippen molar-refractivity contribution >= 4 is 42.6 Å². The summed E-state index contributed by atoms with van der Waals surface area (Å²) < 4.78 is 24.2. The molecule has 3 aromatic rings. The van der Waals surface area contributed by atoms with Gasteiger partial charge in [0.1, 0.15) is 11.8 Å². The highest BCUT2D eigenvalue weighted by Gasteiger charge is 2.39. The van der Waals surface area contributed by atoms with Crippen LogP contribution in [0.1, 0.15) is 44.6 Å². The first-order valence-electron chi connectivity index (χ1n) is 14.0. The molecule has 0 radical (unpaired) electrons. The lowest BCUT2D eigenvalue weighted by Gasteiger charge is -2.28. The summed E-state index contributed by atoms with van der Waals surface area (Å²) in [7, 11) is -4.45. The summed E-state index contributed by atoms with van der Waals surface area (Å²) in [6, 6.07) is 16.1. The monoisotopic (exact) mass is 644 g/mol. The quantitative estimate of drug-likeness (QED) is 0.102. The second kappa shape index (κ2) is 15.7. The van der Waals surface area contributed by atoms with E-state index in [9.17, 15) is 33.7 Å². The van der Waals surface area contributed by atoms with Crippen LogP contribution in [-0.4, -0.2) is 52.4 Å². The lowest BCUT2D eigenvalue weighted by Crippen LogP contribution is -2.43. The summed E-state index contributed by atoms with van der Waals surface area (Å²) in [4.78, 5) is 60.9. The molecule has 3 rings (SSSR count). The number of ether oxygens (including phenoxy) is 2. The molecule has 13 heteroatoms. The molecule has 44 heavy (non-hydrogen) atoms. The van der Waals surface area contributed by atoms with E-state index in [0.29, 0.717) is 5.56 Å². The van der Waals surface area contributed by atoms with E-state index >= 15 is 0 Å². The Kier molecular flexibility index (Phi) is 12.3. The van der Waals surface area contributed by atoms with Crippen LogP contribution in [0.2, 0.25) is 0 Å². The second-order valence-corrected chi connectivity index (χ2v) is 13.8. The van der Waals surface area contributed by atoms with E-state index in [0.717, 1.165) is 11.1 Å². The van der Waals surface area contributed by atoms with Crippen LogP contribution in [0.4, 0.5) is 4.79 Å². The first-order valence-corrected chi connectivity index (χ1v) is 16.8. The molecule has 2 amide bonds. The third kappa shape index (κ3) is 10.0. The van der Waals surface area contributed by atoms with Crippen molar-refractivity contribution in [3.05, 3.63) is 82.6 Å². The normalized spacial score (nSPS) is 15.2. The fourth-order valence-electron chi connectivity index (χ4n) is 4.27.